The van der Waals surface area contributed by atoms with Crippen LogP contribution in [-0.4, -0.2) is 74.9 Å². The van der Waals surface area contributed by atoms with Gasteiger partial charge in [0.15, 0.2) is 0 Å². The molecule has 0 radical (unpaired) electrons. The number of likely N-dealkylation sites (N-methyl/N-ethyl adjacent to an activating group) is 1. The maximum absolute atomic E-state index is 5.99. The summed E-state index contributed by atoms with van der Waals surface area (Å²) in [6.45, 7) is 3.89. The average molecular weight is 417 g/mol. The summed E-state index contributed by atoms with van der Waals surface area (Å²) in [6.07, 6.45) is 1.76. The SMILES string of the molecule is CN1CCN(c2nc([AsH2])nc3ncc(-c4ccc(Cl)cc4)nc23)CC1. The quantitative estimate of drug-likeness (QED) is 0.575. The van der Waals surface area contributed by atoms with Crippen LogP contribution in [0.5, 0.6) is 0 Å². The van der Waals surface area contributed by atoms with E-state index < -0.39 is 0 Å². The molecule has 0 amide bonds. The fourth-order valence-corrected chi connectivity index (χ4v) is 3.55. The van der Waals surface area contributed by atoms with Crippen molar-refractivity contribution >= 4 is 50.0 Å². The number of nitrogens with zero attached hydrogens (tertiary/aromatic N) is 6. The van der Waals surface area contributed by atoms with Crippen LogP contribution < -0.4 is 9.51 Å². The van der Waals surface area contributed by atoms with Gasteiger partial charge in [0.05, 0.1) is 0 Å². The van der Waals surface area contributed by atoms with Crippen LogP contribution in [0.25, 0.3) is 22.4 Å². The summed E-state index contributed by atoms with van der Waals surface area (Å²) in [5.74, 6) is 0.890. The zero-order valence-corrected chi connectivity index (χ0v) is 17.0. The van der Waals surface area contributed by atoms with Crippen molar-refractivity contribution < 1.29 is 0 Å². The first kappa shape index (κ1) is 16.7. The Morgan fingerprint density at radius 3 is 2.44 bits per heavy atom. The van der Waals surface area contributed by atoms with Gasteiger partial charge in [-0.25, -0.2) is 0 Å². The van der Waals surface area contributed by atoms with Crippen molar-refractivity contribution in [1.82, 2.24) is 24.8 Å². The van der Waals surface area contributed by atoms with E-state index in [4.69, 9.17) is 21.6 Å². The van der Waals surface area contributed by atoms with E-state index >= 15 is 0 Å². The van der Waals surface area contributed by atoms with Crippen molar-refractivity contribution in [1.29, 1.82) is 0 Å². The summed E-state index contributed by atoms with van der Waals surface area (Å²) in [5, 5.41) is 0.705. The number of rotatable bonds is 2. The molecule has 0 saturated carbocycles. The van der Waals surface area contributed by atoms with E-state index in [0.29, 0.717) is 10.7 Å². The molecule has 0 bridgehead atoms. The Balaban J connectivity index is 1.81. The van der Waals surface area contributed by atoms with E-state index in [1.54, 1.807) is 6.20 Å². The first-order valence-electron chi connectivity index (χ1n) is 8.10. The molecule has 1 atom stereocenters. The topological polar surface area (TPSA) is 58.0 Å². The third-order valence-corrected chi connectivity index (χ3v) is 5.14. The Hall–Kier alpha value is -1.75. The summed E-state index contributed by atoms with van der Waals surface area (Å²) in [6, 6.07) is 7.62. The van der Waals surface area contributed by atoms with Crippen LogP contribution in [0.1, 0.15) is 0 Å². The van der Waals surface area contributed by atoms with Crippen molar-refractivity contribution in [2.24, 2.45) is 0 Å². The van der Waals surface area contributed by atoms with Crippen LogP contribution in [0.2, 0.25) is 5.02 Å². The first-order chi connectivity index (χ1) is 12.1. The number of benzene rings is 1. The minimum atomic E-state index is 0.654. The monoisotopic (exact) mass is 416 g/mol. The van der Waals surface area contributed by atoms with Crippen molar-refractivity contribution in [3.63, 3.8) is 0 Å². The van der Waals surface area contributed by atoms with Gasteiger partial charge in [-0.2, -0.15) is 0 Å². The second-order valence-electron chi connectivity index (χ2n) is 6.13. The van der Waals surface area contributed by atoms with Gasteiger partial charge >= 0.3 is 160 Å². The fourth-order valence-electron chi connectivity index (χ4n) is 2.91. The molecule has 25 heavy (non-hydrogen) atoms. The van der Waals surface area contributed by atoms with Crippen LogP contribution in [-0.2, 0) is 0 Å². The Labute approximate surface area is 159 Å². The number of hydrogen-bond acceptors (Lipinski definition) is 6. The third-order valence-electron chi connectivity index (χ3n) is 4.35. The van der Waals surface area contributed by atoms with Crippen LogP contribution in [0, 0.1) is 0 Å². The molecule has 6 nitrogen and oxygen atoms in total. The molecule has 128 valence electrons. The molecule has 1 aromatic carbocycles. The molecule has 2 aromatic heterocycles. The summed E-state index contributed by atoms with van der Waals surface area (Å²) in [5.41, 5.74) is 3.20. The van der Waals surface area contributed by atoms with E-state index in [0.717, 1.165) is 53.4 Å². The van der Waals surface area contributed by atoms with Gasteiger partial charge in [-0.1, -0.05) is 0 Å². The first-order valence-corrected chi connectivity index (χ1v) is 9.69. The molecular formula is C17H18AsClN6. The zero-order chi connectivity index (χ0) is 17.4. The Morgan fingerprint density at radius 1 is 1.00 bits per heavy atom. The molecule has 8 heteroatoms. The average Bonchev–Trinajstić information content (AvgIpc) is 2.62. The van der Waals surface area contributed by atoms with Crippen molar-refractivity contribution in [2.75, 3.05) is 38.1 Å². The Morgan fingerprint density at radius 2 is 1.72 bits per heavy atom. The molecule has 0 spiro atoms. The van der Waals surface area contributed by atoms with E-state index in [2.05, 4.69) is 26.8 Å². The van der Waals surface area contributed by atoms with Gasteiger partial charge in [-0.15, -0.1) is 0 Å². The van der Waals surface area contributed by atoms with Gasteiger partial charge in [-0.3, -0.25) is 0 Å². The second kappa shape index (κ2) is 6.87. The fraction of sp³-hybridized carbons (Fsp3) is 0.294. The van der Waals surface area contributed by atoms with Gasteiger partial charge in [0.25, 0.3) is 0 Å². The molecule has 1 aliphatic heterocycles. The normalized spacial score (nSPS) is 15.7. The van der Waals surface area contributed by atoms with Crippen LogP contribution in [0.4, 0.5) is 5.82 Å². The molecule has 3 aromatic rings. The summed E-state index contributed by atoms with van der Waals surface area (Å²) in [7, 11) is 2.14. The van der Waals surface area contributed by atoms with Crippen LogP contribution in [0.3, 0.4) is 0 Å². The van der Waals surface area contributed by atoms with E-state index in [1.807, 2.05) is 24.3 Å². The summed E-state index contributed by atoms with van der Waals surface area (Å²) >= 11 is 7.38. The third kappa shape index (κ3) is 3.47. The molecule has 1 unspecified atom stereocenters. The van der Waals surface area contributed by atoms with Gasteiger partial charge in [-0.05, 0) is 0 Å². The summed E-state index contributed by atoms with van der Waals surface area (Å²) in [4.78, 5) is 23.2. The van der Waals surface area contributed by atoms with Crippen molar-refractivity contribution in [3.05, 3.63) is 35.5 Å². The molecule has 0 aliphatic carbocycles. The molecule has 1 saturated heterocycles. The number of fused-ring (bicyclic) bond motifs is 1. The summed E-state index contributed by atoms with van der Waals surface area (Å²) < 4.78 is 0.780. The van der Waals surface area contributed by atoms with E-state index in [9.17, 15) is 0 Å². The number of piperazine rings is 1. The molecule has 1 fully saturated rings. The van der Waals surface area contributed by atoms with Crippen LogP contribution in [0.15, 0.2) is 30.5 Å². The molecular weight excluding hydrogens is 399 g/mol. The molecule has 1 aliphatic rings. The van der Waals surface area contributed by atoms with Gasteiger partial charge in [0.1, 0.15) is 0 Å². The van der Waals surface area contributed by atoms with Crippen molar-refractivity contribution in [3.8, 4) is 11.3 Å². The molecule has 4 rings (SSSR count). The van der Waals surface area contributed by atoms with Gasteiger partial charge in [0.2, 0.25) is 0 Å². The van der Waals surface area contributed by atoms with E-state index in [1.165, 1.54) is 16.9 Å². The number of hydrogen-bond donors (Lipinski definition) is 0. The second-order valence-corrected chi connectivity index (χ2v) is 7.65. The zero-order valence-electron chi connectivity index (χ0n) is 13.9. The van der Waals surface area contributed by atoms with Crippen LogP contribution >= 0.6 is 11.6 Å². The Bertz CT molecular complexity index is 909. The van der Waals surface area contributed by atoms with Gasteiger partial charge < -0.3 is 0 Å². The van der Waals surface area contributed by atoms with E-state index in [-0.39, 0.29) is 0 Å². The standard InChI is InChI=1S/C17H18AsClN6/c1-24-6-8-25(9-7-24)16-14-15(22-17(18)23-16)20-10-13(21-14)11-2-4-12(19)5-3-11/h2-5,10H,6-9,18H2,1H3. The number of aromatic nitrogens is 4. The van der Waals surface area contributed by atoms with Crippen molar-refractivity contribution in [2.45, 2.75) is 0 Å². The Kier molecular flexibility index (Phi) is 4.59. The minimum absolute atomic E-state index is 0.654. The number of halogens is 1. The number of anilines is 1. The maximum atomic E-state index is 5.99. The predicted octanol–water partition coefficient (Wildman–Crippen LogP) is 0.750. The molecule has 3 heterocycles. The van der Waals surface area contributed by atoms with Gasteiger partial charge in [0, 0.05) is 0 Å². The predicted molar refractivity (Wildman–Crippen MR) is 103 cm³/mol. The molecule has 0 N–H and O–H groups in total.